The summed E-state index contributed by atoms with van der Waals surface area (Å²) in [5, 5.41) is 0. The van der Waals surface area contributed by atoms with Gasteiger partial charge in [-0.3, -0.25) is 14.3 Å². The maximum atomic E-state index is 12.3. The largest absolute Gasteiger partial charge is 0.464 e. The van der Waals surface area contributed by atoms with E-state index in [4.69, 9.17) is 33.2 Å². The van der Waals surface area contributed by atoms with E-state index in [1.165, 1.54) is 0 Å². The van der Waals surface area contributed by atoms with Crippen LogP contribution in [0.3, 0.4) is 0 Å². The van der Waals surface area contributed by atoms with E-state index < -0.39 is 32.5 Å². The van der Waals surface area contributed by atoms with Gasteiger partial charge in [0.1, 0.15) is 19.4 Å². The molecule has 0 aliphatic rings. The van der Waals surface area contributed by atoms with Crippen LogP contribution >= 0.6 is 31.3 Å². The molecule has 0 saturated heterocycles. The molecular formula is C15H20Cl2NO7P. The molecule has 146 valence electrons. The molecule has 8 nitrogen and oxygen atoms in total. The van der Waals surface area contributed by atoms with Crippen LogP contribution in [0.5, 0.6) is 0 Å². The molecule has 1 amide bonds. The molecule has 0 fully saturated rings. The fraction of sp³-hybridized carbons (Fsp3) is 0.467. The number of unbranched alkanes of at least 4 members (excludes halogenated alkanes) is 1. The standard InChI is InChI=1S/C15H20Cl2NO7P/c1-2-3-9-22-14(19)10-18(12-26(21,24-16)25-17)15(20)23-11-13-7-5-4-6-8-13/h4-8H,2-3,9-12H2,1H3. The van der Waals surface area contributed by atoms with Crippen LogP contribution in [0.4, 0.5) is 4.79 Å². The van der Waals surface area contributed by atoms with Crippen LogP contribution in [0, 0.1) is 0 Å². The average molecular weight is 428 g/mol. The van der Waals surface area contributed by atoms with Crippen molar-refractivity contribution in [3.8, 4) is 0 Å². The van der Waals surface area contributed by atoms with Crippen LogP contribution in [0.15, 0.2) is 30.3 Å². The Morgan fingerprint density at radius 1 is 1.12 bits per heavy atom. The average Bonchev–Trinajstić information content (AvgIpc) is 2.66. The van der Waals surface area contributed by atoms with Crippen molar-refractivity contribution in [2.75, 3.05) is 19.4 Å². The summed E-state index contributed by atoms with van der Waals surface area (Å²) < 4.78 is 30.5. The Morgan fingerprint density at radius 2 is 1.77 bits per heavy atom. The van der Waals surface area contributed by atoms with Crippen LogP contribution < -0.4 is 0 Å². The van der Waals surface area contributed by atoms with Gasteiger partial charge in [-0.15, -0.1) is 0 Å². The maximum Gasteiger partial charge on any atom is 0.411 e. The number of hydrogen-bond donors (Lipinski definition) is 0. The van der Waals surface area contributed by atoms with E-state index in [1.54, 1.807) is 24.3 Å². The van der Waals surface area contributed by atoms with E-state index in [0.29, 0.717) is 6.42 Å². The quantitative estimate of drug-likeness (QED) is 0.292. The molecule has 0 bridgehead atoms. The topological polar surface area (TPSA) is 91.4 Å². The molecular weight excluding hydrogens is 408 g/mol. The molecule has 26 heavy (non-hydrogen) atoms. The zero-order valence-electron chi connectivity index (χ0n) is 14.1. The molecule has 11 heteroatoms. The minimum absolute atomic E-state index is 0.0468. The molecule has 0 aliphatic heterocycles. The summed E-state index contributed by atoms with van der Waals surface area (Å²) in [4.78, 5) is 24.9. The van der Waals surface area contributed by atoms with Gasteiger partial charge in [-0.05, 0) is 12.0 Å². The van der Waals surface area contributed by atoms with Gasteiger partial charge in [0.25, 0.3) is 0 Å². The Bertz CT molecular complexity index is 609. The number of hydrogen-bond acceptors (Lipinski definition) is 7. The molecule has 0 radical (unpaired) electrons. The van der Waals surface area contributed by atoms with E-state index in [-0.39, 0.29) is 13.2 Å². The van der Waals surface area contributed by atoms with Gasteiger partial charge in [0, 0.05) is 0 Å². The number of amides is 1. The first-order chi connectivity index (χ1) is 12.4. The number of carbonyl (C=O) groups is 2. The maximum absolute atomic E-state index is 12.3. The summed E-state index contributed by atoms with van der Waals surface area (Å²) in [5.74, 6) is -0.703. The van der Waals surface area contributed by atoms with E-state index >= 15 is 0 Å². The number of ether oxygens (including phenoxy) is 2. The van der Waals surface area contributed by atoms with Crippen molar-refractivity contribution in [2.24, 2.45) is 0 Å². The highest BCUT2D eigenvalue weighted by Crippen LogP contribution is 2.51. The van der Waals surface area contributed by atoms with Gasteiger partial charge in [-0.1, -0.05) is 43.7 Å². The SMILES string of the molecule is CCCCOC(=O)CN(CP(=O)(OCl)OCl)C(=O)OCc1ccccc1. The van der Waals surface area contributed by atoms with Crippen LogP contribution in [0.1, 0.15) is 25.3 Å². The van der Waals surface area contributed by atoms with Gasteiger partial charge in [-0.25, -0.2) is 4.79 Å². The van der Waals surface area contributed by atoms with Crippen LogP contribution in [0.2, 0.25) is 0 Å². The minimum atomic E-state index is -4.03. The number of benzene rings is 1. The molecule has 0 heterocycles. The van der Waals surface area contributed by atoms with Crippen LogP contribution in [0.25, 0.3) is 0 Å². The lowest BCUT2D eigenvalue weighted by Gasteiger charge is -2.23. The molecule has 0 aromatic heterocycles. The van der Waals surface area contributed by atoms with Gasteiger partial charge in [-0.2, -0.15) is 8.15 Å². The number of rotatable bonds is 11. The van der Waals surface area contributed by atoms with Crippen LogP contribution in [-0.4, -0.2) is 36.4 Å². The molecule has 0 spiro atoms. The Morgan fingerprint density at radius 3 is 2.35 bits per heavy atom. The van der Waals surface area contributed by atoms with Crippen molar-refractivity contribution >= 4 is 43.4 Å². The summed E-state index contributed by atoms with van der Waals surface area (Å²) >= 11 is 10.2. The second-order valence-corrected chi connectivity index (χ2v) is 7.81. The van der Waals surface area contributed by atoms with Gasteiger partial charge in [0.2, 0.25) is 0 Å². The van der Waals surface area contributed by atoms with Crippen molar-refractivity contribution < 1.29 is 31.8 Å². The lowest BCUT2D eigenvalue weighted by molar-refractivity contribution is -0.144. The molecule has 0 atom stereocenters. The smallest absolute Gasteiger partial charge is 0.411 e. The summed E-state index contributed by atoms with van der Waals surface area (Å²) in [6, 6.07) is 8.89. The van der Waals surface area contributed by atoms with E-state index in [2.05, 4.69) is 8.15 Å². The third kappa shape index (κ3) is 8.38. The molecule has 0 saturated carbocycles. The van der Waals surface area contributed by atoms with E-state index in [9.17, 15) is 14.2 Å². The Labute approximate surface area is 162 Å². The highest BCUT2D eigenvalue weighted by atomic mass is 35.5. The van der Waals surface area contributed by atoms with Crippen molar-refractivity contribution in [2.45, 2.75) is 26.4 Å². The monoisotopic (exact) mass is 427 g/mol. The van der Waals surface area contributed by atoms with E-state index in [1.807, 2.05) is 13.0 Å². The second kappa shape index (κ2) is 12.1. The first-order valence-corrected chi connectivity index (χ1v) is 10.1. The second-order valence-electron chi connectivity index (χ2n) is 5.20. The summed E-state index contributed by atoms with van der Waals surface area (Å²) in [5.41, 5.74) is 0.733. The summed E-state index contributed by atoms with van der Waals surface area (Å²) in [7, 11) is -4.03. The number of carbonyl (C=O) groups excluding carboxylic acids is 2. The van der Waals surface area contributed by atoms with Crippen LogP contribution in [-0.2, 0) is 33.6 Å². The third-order valence-electron chi connectivity index (χ3n) is 3.10. The molecule has 0 N–H and O–H groups in total. The van der Waals surface area contributed by atoms with Crippen molar-refractivity contribution in [1.82, 2.24) is 4.90 Å². The first-order valence-electron chi connectivity index (χ1n) is 7.75. The van der Waals surface area contributed by atoms with E-state index in [0.717, 1.165) is 16.9 Å². The number of nitrogens with zero attached hydrogens (tertiary/aromatic N) is 1. The van der Waals surface area contributed by atoms with Crippen molar-refractivity contribution in [1.29, 1.82) is 0 Å². The molecule has 1 aromatic carbocycles. The number of esters is 1. The fourth-order valence-electron chi connectivity index (χ4n) is 1.78. The Kier molecular flexibility index (Phi) is 10.6. The first kappa shape index (κ1) is 22.7. The zero-order chi connectivity index (χ0) is 19.4. The highest BCUT2D eigenvalue weighted by Gasteiger charge is 2.33. The van der Waals surface area contributed by atoms with Crippen molar-refractivity contribution in [3.63, 3.8) is 0 Å². The Hall–Kier alpha value is -1.31. The lowest BCUT2D eigenvalue weighted by atomic mass is 10.2. The lowest BCUT2D eigenvalue weighted by Crippen LogP contribution is -2.37. The minimum Gasteiger partial charge on any atom is -0.464 e. The number of halogens is 2. The van der Waals surface area contributed by atoms with Gasteiger partial charge in [0.15, 0.2) is 0 Å². The van der Waals surface area contributed by atoms with Crippen molar-refractivity contribution in [3.05, 3.63) is 35.9 Å². The Balaban J connectivity index is 2.73. The summed E-state index contributed by atoms with van der Waals surface area (Å²) in [6.45, 7) is 1.57. The normalized spacial score (nSPS) is 11.0. The fourth-order valence-corrected chi connectivity index (χ4v) is 3.04. The molecule has 0 aliphatic carbocycles. The van der Waals surface area contributed by atoms with Gasteiger partial charge < -0.3 is 9.47 Å². The molecule has 1 aromatic rings. The van der Waals surface area contributed by atoms with Gasteiger partial charge >= 0.3 is 19.7 Å². The predicted molar refractivity (Wildman–Crippen MR) is 95.5 cm³/mol. The molecule has 0 unspecified atom stereocenters. The third-order valence-corrected chi connectivity index (χ3v) is 5.47. The molecule has 1 rings (SSSR count). The highest BCUT2D eigenvalue weighted by molar-refractivity contribution is 7.55. The summed E-state index contributed by atoms with van der Waals surface area (Å²) in [6.07, 6.45) is -0.0933. The predicted octanol–water partition coefficient (Wildman–Crippen LogP) is 4.46. The van der Waals surface area contributed by atoms with Gasteiger partial charge in [0.05, 0.1) is 30.3 Å². The zero-order valence-corrected chi connectivity index (χ0v) is 16.5.